The molecule has 5 rings (SSSR count). The van der Waals surface area contributed by atoms with Crippen molar-refractivity contribution in [3.63, 3.8) is 0 Å². The van der Waals surface area contributed by atoms with Crippen molar-refractivity contribution >= 4 is 46.1 Å². The predicted molar refractivity (Wildman–Crippen MR) is 197 cm³/mol. The van der Waals surface area contributed by atoms with E-state index in [9.17, 15) is 19.2 Å². The van der Waals surface area contributed by atoms with E-state index in [4.69, 9.17) is 14.2 Å². The van der Waals surface area contributed by atoms with Crippen molar-refractivity contribution in [1.82, 2.24) is 14.4 Å². The van der Waals surface area contributed by atoms with Crippen LogP contribution in [0.5, 0.6) is 5.75 Å². The van der Waals surface area contributed by atoms with Crippen molar-refractivity contribution in [2.24, 2.45) is 0 Å². The second kappa shape index (κ2) is 17.6. The summed E-state index contributed by atoms with van der Waals surface area (Å²) in [4.78, 5) is 56.0. The van der Waals surface area contributed by atoms with Gasteiger partial charge in [-0.1, -0.05) is 12.1 Å². The first kappa shape index (κ1) is 37.1. The number of aryl methyl sites for hydroxylation is 1. The number of hydrogen-bond acceptors (Lipinski definition) is 8. The van der Waals surface area contributed by atoms with Crippen LogP contribution in [-0.4, -0.2) is 91.7 Å². The molecule has 1 aliphatic heterocycles. The fraction of sp³-hybridized carbons (Fsp3) is 0.385. The zero-order chi connectivity index (χ0) is 36.3. The van der Waals surface area contributed by atoms with Crippen LogP contribution >= 0.6 is 0 Å². The third-order valence-corrected chi connectivity index (χ3v) is 8.89. The molecule has 0 saturated carbocycles. The number of carbonyl (C=O) groups is 4. The number of benzene rings is 3. The highest BCUT2D eigenvalue weighted by atomic mass is 16.5. The van der Waals surface area contributed by atoms with Crippen LogP contribution in [0.3, 0.4) is 0 Å². The minimum Gasteiger partial charge on any atom is -0.491 e. The Bertz CT molecular complexity index is 1860. The van der Waals surface area contributed by atoms with E-state index in [2.05, 4.69) is 22.6 Å². The summed E-state index contributed by atoms with van der Waals surface area (Å²) in [5.41, 5.74) is 3.96. The number of likely N-dealkylation sites (N-methyl/N-ethyl adjacent to an activating group) is 1. The molecule has 0 aliphatic carbocycles. The van der Waals surface area contributed by atoms with Crippen molar-refractivity contribution in [3.8, 4) is 5.75 Å². The van der Waals surface area contributed by atoms with Crippen LogP contribution in [-0.2, 0) is 20.9 Å². The molecule has 270 valence electrons. The maximum Gasteiger partial charge on any atom is 0.418 e. The van der Waals surface area contributed by atoms with Crippen LogP contribution in [0.2, 0.25) is 0 Å². The Labute approximate surface area is 298 Å². The largest absolute Gasteiger partial charge is 0.491 e. The molecule has 2 heterocycles. The first-order valence-electron chi connectivity index (χ1n) is 17.4. The lowest BCUT2D eigenvalue weighted by molar-refractivity contribution is -0.132. The van der Waals surface area contributed by atoms with Gasteiger partial charge in [-0.05, 0) is 94.3 Å². The third-order valence-electron chi connectivity index (χ3n) is 8.89. The second-order valence-electron chi connectivity index (χ2n) is 12.7. The molecular formula is C39H47N5O7. The van der Waals surface area contributed by atoms with E-state index in [0.29, 0.717) is 57.7 Å². The smallest absolute Gasteiger partial charge is 0.418 e. The number of ether oxygens (including phenoxy) is 3. The summed E-state index contributed by atoms with van der Waals surface area (Å²) >= 11 is 0. The van der Waals surface area contributed by atoms with Gasteiger partial charge in [0.1, 0.15) is 5.75 Å². The molecule has 0 radical (unpaired) electrons. The van der Waals surface area contributed by atoms with E-state index in [1.54, 1.807) is 62.7 Å². The number of carbonyl (C=O) groups excluding carboxylic acids is 4. The van der Waals surface area contributed by atoms with Crippen molar-refractivity contribution in [3.05, 3.63) is 89.1 Å². The number of rotatable bonds is 14. The van der Waals surface area contributed by atoms with E-state index in [-0.39, 0.29) is 30.9 Å². The number of hydrogen-bond donors (Lipinski definition) is 2. The maximum absolute atomic E-state index is 13.5. The topological polar surface area (TPSA) is 131 Å². The molecule has 3 amide bonds. The molecule has 51 heavy (non-hydrogen) atoms. The van der Waals surface area contributed by atoms with Crippen LogP contribution in [0.1, 0.15) is 64.4 Å². The van der Waals surface area contributed by atoms with Crippen LogP contribution in [0.4, 0.5) is 16.2 Å². The number of piperazine rings is 1. The molecule has 12 heteroatoms. The average Bonchev–Trinajstić information content (AvgIpc) is 3.56. The van der Waals surface area contributed by atoms with E-state index >= 15 is 0 Å². The summed E-state index contributed by atoms with van der Waals surface area (Å²) in [6.45, 7) is 7.97. The normalized spacial score (nSPS) is 13.2. The molecule has 3 aromatic carbocycles. The zero-order valence-electron chi connectivity index (χ0n) is 29.8. The summed E-state index contributed by atoms with van der Waals surface area (Å²) in [5.74, 6) is 0.0764. The quantitative estimate of drug-likeness (QED) is 0.147. The van der Waals surface area contributed by atoms with Crippen LogP contribution < -0.4 is 15.4 Å². The molecule has 2 N–H and O–H groups in total. The Morgan fingerprint density at radius 1 is 0.843 bits per heavy atom. The molecule has 1 fully saturated rings. The van der Waals surface area contributed by atoms with Crippen LogP contribution in [0, 0.1) is 6.92 Å². The third kappa shape index (κ3) is 9.53. The maximum atomic E-state index is 13.5. The lowest BCUT2D eigenvalue weighted by Gasteiger charge is -2.32. The van der Waals surface area contributed by atoms with Gasteiger partial charge in [-0.25, -0.2) is 4.79 Å². The Kier molecular flexibility index (Phi) is 12.8. The monoisotopic (exact) mass is 697 g/mol. The number of fused-ring (bicyclic) bond motifs is 1. The highest BCUT2D eigenvalue weighted by Crippen LogP contribution is 2.28. The molecular weight excluding hydrogens is 650 g/mol. The highest BCUT2D eigenvalue weighted by molar-refractivity contribution is 6.14. The van der Waals surface area contributed by atoms with Gasteiger partial charge in [0.2, 0.25) is 5.91 Å². The molecule has 0 atom stereocenters. The zero-order valence-corrected chi connectivity index (χ0v) is 29.8. The summed E-state index contributed by atoms with van der Waals surface area (Å²) in [5, 5.41) is 6.51. The van der Waals surface area contributed by atoms with E-state index in [1.165, 1.54) is 4.57 Å². The fourth-order valence-electron chi connectivity index (χ4n) is 6.04. The van der Waals surface area contributed by atoms with E-state index < -0.39 is 6.09 Å². The number of amides is 3. The minimum absolute atomic E-state index is 0.153. The number of methoxy groups -OCH3 is 1. The van der Waals surface area contributed by atoms with E-state index in [0.717, 1.165) is 51.0 Å². The van der Waals surface area contributed by atoms with Gasteiger partial charge in [-0.2, -0.15) is 0 Å². The number of aromatic nitrogens is 1. The van der Waals surface area contributed by atoms with Gasteiger partial charge in [0.25, 0.3) is 11.8 Å². The lowest BCUT2D eigenvalue weighted by atomic mass is 10.1. The van der Waals surface area contributed by atoms with Gasteiger partial charge in [0, 0.05) is 73.7 Å². The SMILES string of the molecule is CCOC(=O)n1ccc2c(C(=O)Nc3ccc(C(=O)Nc4ccc(C)cc4OCCCCCC(=O)N4CCN(C)CC4)cc3COC)cccc21. The lowest BCUT2D eigenvalue weighted by Crippen LogP contribution is -2.47. The molecule has 1 aromatic heterocycles. The molecule has 1 saturated heterocycles. The van der Waals surface area contributed by atoms with Gasteiger partial charge >= 0.3 is 6.09 Å². The standard InChI is InChI=1S/C39H47N5O7/c1-5-50-39(48)44-18-17-30-31(10-9-11-34(30)44)38(47)40-32-16-14-28(25-29(32)26-49-4)37(46)41-33-15-13-27(2)24-35(33)51-23-8-6-7-12-36(45)43-21-19-42(3)20-22-43/h9-11,13-18,24-25H,5-8,12,19-23,26H2,1-4H3,(H,40,47)(H,41,46). The Hall–Kier alpha value is -5.20. The average molecular weight is 698 g/mol. The number of unbranched alkanes of at least 4 members (excludes halogenated alkanes) is 2. The van der Waals surface area contributed by atoms with Crippen molar-refractivity contribution in [2.75, 3.05) is 64.2 Å². The Morgan fingerprint density at radius 2 is 1.61 bits per heavy atom. The van der Waals surface area contributed by atoms with Gasteiger partial charge in [-0.3, -0.25) is 19.0 Å². The Morgan fingerprint density at radius 3 is 2.37 bits per heavy atom. The molecule has 1 aliphatic rings. The predicted octanol–water partition coefficient (Wildman–Crippen LogP) is 6.32. The van der Waals surface area contributed by atoms with Gasteiger partial charge in [0.05, 0.1) is 31.0 Å². The van der Waals surface area contributed by atoms with Gasteiger partial charge in [0.15, 0.2) is 0 Å². The van der Waals surface area contributed by atoms with Crippen molar-refractivity contribution < 1.29 is 33.4 Å². The molecule has 4 aromatic rings. The molecule has 0 unspecified atom stereocenters. The van der Waals surface area contributed by atoms with E-state index in [1.807, 2.05) is 30.0 Å². The highest BCUT2D eigenvalue weighted by Gasteiger charge is 2.20. The Balaban J connectivity index is 1.19. The van der Waals surface area contributed by atoms with Crippen molar-refractivity contribution in [2.45, 2.75) is 46.1 Å². The van der Waals surface area contributed by atoms with Gasteiger partial charge < -0.3 is 34.6 Å². The summed E-state index contributed by atoms with van der Waals surface area (Å²) in [7, 11) is 3.62. The summed E-state index contributed by atoms with van der Waals surface area (Å²) in [6, 6.07) is 17.4. The molecule has 12 nitrogen and oxygen atoms in total. The first-order valence-corrected chi connectivity index (χ1v) is 17.4. The number of nitrogens with zero attached hydrogens (tertiary/aromatic N) is 3. The summed E-state index contributed by atoms with van der Waals surface area (Å²) < 4.78 is 18.0. The fourth-order valence-corrected chi connectivity index (χ4v) is 6.04. The minimum atomic E-state index is -0.521. The van der Waals surface area contributed by atoms with Crippen molar-refractivity contribution in [1.29, 1.82) is 0 Å². The summed E-state index contributed by atoms with van der Waals surface area (Å²) in [6.07, 6.45) is 4.07. The molecule has 0 spiro atoms. The van der Waals surface area contributed by atoms with Crippen LogP contribution in [0.25, 0.3) is 10.9 Å². The second-order valence-corrected chi connectivity index (χ2v) is 12.7. The van der Waals surface area contributed by atoms with Crippen LogP contribution in [0.15, 0.2) is 66.9 Å². The number of nitrogens with one attached hydrogen (secondary N) is 2. The number of anilines is 2. The first-order chi connectivity index (χ1) is 24.7. The molecule has 0 bridgehead atoms. The van der Waals surface area contributed by atoms with Gasteiger partial charge in [-0.15, -0.1) is 0 Å².